The summed E-state index contributed by atoms with van der Waals surface area (Å²) in [4.78, 5) is 6.45. The predicted octanol–water partition coefficient (Wildman–Crippen LogP) is 2.69. The van der Waals surface area contributed by atoms with Crippen LogP contribution >= 0.6 is 0 Å². The van der Waals surface area contributed by atoms with Crippen LogP contribution in [0.4, 0.5) is 10.2 Å². The summed E-state index contributed by atoms with van der Waals surface area (Å²) in [5.41, 5.74) is 0.377. The van der Waals surface area contributed by atoms with Crippen LogP contribution in [0.5, 0.6) is 0 Å². The number of benzene rings is 1. The molecular formula is C18H22FN3O. The van der Waals surface area contributed by atoms with Crippen LogP contribution in [-0.2, 0) is 0 Å². The van der Waals surface area contributed by atoms with Gasteiger partial charge in [0.1, 0.15) is 11.6 Å². The first-order valence-electron chi connectivity index (χ1n) is 8.02. The van der Waals surface area contributed by atoms with Crippen LogP contribution < -0.4 is 5.32 Å². The van der Waals surface area contributed by atoms with Gasteiger partial charge in [0.25, 0.3) is 0 Å². The van der Waals surface area contributed by atoms with Gasteiger partial charge in [-0.2, -0.15) is 0 Å². The number of nitrogens with one attached hydrogen (secondary N) is 1. The molecule has 2 heterocycles. The monoisotopic (exact) mass is 315 g/mol. The predicted molar refractivity (Wildman–Crippen MR) is 88.6 cm³/mol. The number of aliphatic hydroxyl groups is 1. The molecule has 1 fully saturated rings. The summed E-state index contributed by atoms with van der Waals surface area (Å²) in [5, 5.41) is 13.6. The topological polar surface area (TPSA) is 48.4 Å². The summed E-state index contributed by atoms with van der Waals surface area (Å²) in [5.74, 6) is 1.06. The minimum Gasteiger partial charge on any atom is -0.387 e. The van der Waals surface area contributed by atoms with Crippen LogP contribution in [0, 0.1) is 11.7 Å². The number of nitrogens with zero attached hydrogens (tertiary/aromatic N) is 2. The number of hydrogen-bond acceptors (Lipinski definition) is 4. The highest BCUT2D eigenvalue weighted by molar-refractivity contribution is 5.33. The Balaban J connectivity index is 1.47. The maximum Gasteiger partial charge on any atom is 0.129 e. The van der Waals surface area contributed by atoms with E-state index in [1.165, 1.54) is 6.07 Å². The van der Waals surface area contributed by atoms with E-state index in [0.29, 0.717) is 18.0 Å². The van der Waals surface area contributed by atoms with Crippen molar-refractivity contribution in [3.05, 3.63) is 60.0 Å². The first-order chi connectivity index (χ1) is 11.2. The lowest BCUT2D eigenvalue weighted by atomic mass is 10.1. The highest BCUT2D eigenvalue weighted by Gasteiger charge is 2.25. The zero-order valence-electron chi connectivity index (χ0n) is 13.0. The molecule has 3 rings (SSSR count). The van der Waals surface area contributed by atoms with Crippen molar-refractivity contribution in [1.29, 1.82) is 0 Å². The number of β-amino-alcohol motifs (C(OH)–C–C–N with tert-alkyl or cyclic N) is 1. The number of hydrogen-bond donors (Lipinski definition) is 2. The van der Waals surface area contributed by atoms with Crippen molar-refractivity contribution >= 4 is 5.82 Å². The zero-order valence-corrected chi connectivity index (χ0v) is 13.0. The Morgan fingerprint density at radius 2 is 2.09 bits per heavy atom. The molecule has 122 valence electrons. The third-order valence-corrected chi connectivity index (χ3v) is 4.30. The zero-order chi connectivity index (χ0) is 16.1. The molecule has 1 aliphatic heterocycles. The second kappa shape index (κ2) is 7.53. The molecule has 0 aliphatic carbocycles. The van der Waals surface area contributed by atoms with E-state index in [-0.39, 0.29) is 5.82 Å². The molecule has 0 radical (unpaired) electrons. The SMILES string of the molecule is O[C@H](CN1CC[C@@H](CNc2ccccn2)C1)c1ccccc1F. The van der Waals surface area contributed by atoms with E-state index in [2.05, 4.69) is 15.2 Å². The molecule has 1 aliphatic rings. The highest BCUT2D eigenvalue weighted by Crippen LogP contribution is 2.22. The van der Waals surface area contributed by atoms with Crippen LogP contribution in [0.15, 0.2) is 48.7 Å². The van der Waals surface area contributed by atoms with Crippen LogP contribution in [0.3, 0.4) is 0 Å². The Labute approximate surface area is 136 Å². The molecule has 2 N–H and O–H groups in total. The van der Waals surface area contributed by atoms with Gasteiger partial charge in [-0.1, -0.05) is 24.3 Å². The molecule has 1 aromatic heterocycles. The second-order valence-corrected chi connectivity index (χ2v) is 6.05. The number of likely N-dealkylation sites (tertiary alicyclic amines) is 1. The maximum atomic E-state index is 13.7. The molecule has 0 bridgehead atoms. The summed E-state index contributed by atoms with van der Waals surface area (Å²) >= 11 is 0. The van der Waals surface area contributed by atoms with Crippen molar-refractivity contribution in [3.8, 4) is 0 Å². The summed E-state index contributed by atoms with van der Waals surface area (Å²) in [7, 11) is 0. The molecule has 0 saturated carbocycles. The van der Waals surface area contributed by atoms with E-state index in [1.54, 1.807) is 24.4 Å². The minimum atomic E-state index is -0.779. The number of aromatic nitrogens is 1. The fourth-order valence-electron chi connectivity index (χ4n) is 3.05. The van der Waals surface area contributed by atoms with Crippen LogP contribution in [0.1, 0.15) is 18.1 Å². The summed E-state index contributed by atoms with van der Waals surface area (Å²) in [6.07, 6.45) is 2.07. The number of pyridine rings is 1. The van der Waals surface area contributed by atoms with Crippen molar-refractivity contribution in [2.24, 2.45) is 5.92 Å². The average molecular weight is 315 g/mol. The van der Waals surface area contributed by atoms with Gasteiger partial charge in [0, 0.05) is 31.4 Å². The number of anilines is 1. The summed E-state index contributed by atoms with van der Waals surface area (Å²) in [6, 6.07) is 12.2. The molecule has 23 heavy (non-hydrogen) atoms. The number of aliphatic hydroxyl groups excluding tert-OH is 1. The molecule has 2 aromatic rings. The third-order valence-electron chi connectivity index (χ3n) is 4.30. The lowest BCUT2D eigenvalue weighted by Gasteiger charge is -2.21. The van der Waals surface area contributed by atoms with Gasteiger partial charge in [0.2, 0.25) is 0 Å². The number of halogens is 1. The van der Waals surface area contributed by atoms with Crippen molar-refractivity contribution in [2.45, 2.75) is 12.5 Å². The Hall–Kier alpha value is -1.98. The van der Waals surface area contributed by atoms with E-state index in [4.69, 9.17) is 0 Å². The minimum absolute atomic E-state index is 0.340. The lowest BCUT2D eigenvalue weighted by molar-refractivity contribution is 0.121. The largest absolute Gasteiger partial charge is 0.387 e. The van der Waals surface area contributed by atoms with Crippen LogP contribution in [0.25, 0.3) is 0 Å². The van der Waals surface area contributed by atoms with Crippen molar-refractivity contribution < 1.29 is 9.50 Å². The molecule has 1 saturated heterocycles. The molecule has 0 spiro atoms. The summed E-state index contributed by atoms with van der Waals surface area (Å²) < 4.78 is 13.7. The van der Waals surface area contributed by atoms with E-state index in [9.17, 15) is 9.50 Å². The van der Waals surface area contributed by atoms with E-state index in [1.807, 2.05) is 18.2 Å². The Bertz CT molecular complexity index is 623. The molecule has 4 nitrogen and oxygen atoms in total. The summed E-state index contributed by atoms with van der Waals surface area (Å²) in [6.45, 7) is 3.18. The van der Waals surface area contributed by atoms with Gasteiger partial charge < -0.3 is 15.3 Å². The Morgan fingerprint density at radius 3 is 2.87 bits per heavy atom. The Morgan fingerprint density at radius 1 is 1.26 bits per heavy atom. The second-order valence-electron chi connectivity index (χ2n) is 6.05. The van der Waals surface area contributed by atoms with Crippen molar-refractivity contribution in [2.75, 3.05) is 31.5 Å². The van der Waals surface area contributed by atoms with Gasteiger partial charge in [-0.05, 0) is 37.1 Å². The molecule has 2 atom stereocenters. The third kappa shape index (κ3) is 4.27. The molecule has 1 aromatic carbocycles. The Kier molecular flexibility index (Phi) is 5.20. The molecule has 5 heteroatoms. The van der Waals surface area contributed by atoms with Crippen molar-refractivity contribution in [1.82, 2.24) is 9.88 Å². The quantitative estimate of drug-likeness (QED) is 0.860. The van der Waals surface area contributed by atoms with Gasteiger partial charge >= 0.3 is 0 Å². The first-order valence-corrected chi connectivity index (χ1v) is 8.02. The van der Waals surface area contributed by atoms with E-state index < -0.39 is 6.10 Å². The molecule has 0 amide bonds. The van der Waals surface area contributed by atoms with Gasteiger partial charge in [-0.25, -0.2) is 9.37 Å². The normalized spacial score (nSPS) is 19.7. The first kappa shape index (κ1) is 15.9. The standard InChI is InChI=1S/C18H22FN3O/c19-16-6-2-1-5-15(16)17(23)13-22-10-8-14(12-22)11-21-18-7-3-4-9-20-18/h1-7,9,14,17,23H,8,10-13H2,(H,20,21)/t14-,17+/m0/s1. The van der Waals surface area contributed by atoms with E-state index in [0.717, 1.165) is 31.9 Å². The fourth-order valence-corrected chi connectivity index (χ4v) is 3.05. The number of rotatable bonds is 6. The smallest absolute Gasteiger partial charge is 0.129 e. The van der Waals surface area contributed by atoms with Gasteiger partial charge in [-0.15, -0.1) is 0 Å². The van der Waals surface area contributed by atoms with E-state index >= 15 is 0 Å². The van der Waals surface area contributed by atoms with Crippen LogP contribution in [-0.4, -0.2) is 41.2 Å². The van der Waals surface area contributed by atoms with Gasteiger partial charge in [0.15, 0.2) is 0 Å². The average Bonchev–Trinajstić information content (AvgIpc) is 3.02. The fraction of sp³-hybridized carbons (Fsp3) is 0.389. The molecule has 0 unspecified atom stereocenters. The highest BCUT2D eigenvalue weighted by atomic mass is 19.1. The van der Waals surface area contributed by atoms with Crippen molar-refractivity contribution in [3.63, 3.8) is 0 Å². The lowest BCUT2D eigenvalue weighted by Crippen LogP contribution is -2.28. The maximum absolute atomic E-state index is 13.7. The van der Waals surface area contributed by atoms with Gasteiger partial charge in [-0.3, -0.25) is 0 Å². The van der Waals surface area contributed by atoms with Crippen LogP contribution in [0.2, 0.25) is 0 Å². The van der Waals surface area contributed by atoms with Gasteiger partial charge in [0.05, 0.1) is 6.10 Å². The molecular weight excluding hydrogens is 293 g/mol.